The summed E-state index contributed by atoms with van der Waals surface area (Å²) in [6.07, 6.45) is 3.02. The Morgan fingerprint density at radius 3 is 2.19 bits per heavy atom. The zero-order valence-electron chi connectivity index (χ0n) is 12.9. The Labute approximate surface area is 127 Å². The number of benzene rings is 1. The van der Waals surface area contributed by atoms with Gasteiger partial charge in [-0.1, -0.05) is 38.1 Å². The maximum absolute atomic E-state index is 12.6. The average molecular weight is 311 g/mol. The largest absolute Gasteiger partial charge is 0.392 e. The number of sulfonamides is 1. The van der Waals surface area contributed by atoms with Gasteiger partial charge in [-0.3, -0.25) is 0 Å². The second-order valence-corrected chi connectivity index (χ2v) is 7.99. The van der Waals surface area contributed by atoms with E-state index in [1.807, 2.05) is 0 Å². The van der Waals surface area contributed by atoms with Crippen LogP contribution in [-0.4, -0.2) is 30.9 Å². The second-order valence-electron chi connectivity index (χ2n) is 6.02. The molecule has 2 rings (SSSR count). The van der Waals surface area contributed by atoms with Crippen molar-refractivity contribution in [2.75, 3.05) is 13.1 Å². The third-order valence-corrected chi connectivity index (χ3v) is 6.65. The van der Waals surface area contributed by atoms with E-state index in [9.17, 15) is 8.42 Å². The maximum atomic E-state index is 12.6. The molecule has 4 nitrogen and oxygen atoms in total. The molecule has 1 heterocycles. The Kier molecular flexibility index (Phi) is 5.07. The molecule has 0 aliphatic carbocycles. The number of aliphatic hydroxyl groups excluding tert-OH is 1. The quantitative estimate of drug-likeness (QED) is 0.878. The van der Waals surface area contributed by atoms with Crippen LogP contribution in [0.1, 0.15) is 44.2 Å². The van der Waals surface area contributed by atoms with Gasteiger partial charge in [0.05, 0.1) is 12.4 Å². The fraction of sp³-hybridized carbons (Fsp3) is 0.625. The Balaban J connectivity index is 2.08. The molecule has 1 aliphatic heterocycles. The van der Waals surface area contributed by atoms with Gasteiger partial charge in [-0.25, -0.2) is 12.7 Å². The highest BCUT2D eigenvalue weighted by atomic mass is 32.2. The summed E-state index contributed by atoms with van der Waals surface area (Å²) < 4.78 is 26.8. The minimum absolute atomic E-state index is 0.0192. The van der Waals surface area contributed by atoms with Gasteiger partial charge in [-0.05, 0) is 35.8 Å². The molecule has 0 atom stereocenters. The van der Waals surface area contributed by atoms with Crippen LogP contribution in [0.15, 0.2) is 24.3 Å². The Morgan fingerprint density at radius 1 is 1.14 bits per heavy atom. The van der Waals surface area contributed by atoms with Crippen LogP contribution in [0.2, 0.25) is 0 Å². The molecule has 0 saturated carbocycles. The summed E-state index contributed by atoms with van der Waals surface area (Å²) in [5.74, 6) is 0.0439. The monoisotopic (exact) mass is 311 g/mol. The van der Waals surface area contributed by atoms with Crippen LogP contribution in [-0.2, 0) is 22.4 Å². The molecule has 1 saturated heterocycles. The lowest BCUT2D eigenvalue weighted by molar-refractivity contribution is 0.279. The van der Waals surface area contributed by atoms with E-state index in [0.29, 0.717) is 13.1 Å². The average Bonchev–Trinajstić information content (AvgIpc) is 2.94. The molecule has 0 amide bonds. The molecule has 1 fully saturated rings. The number of hydrogen-bond donors (Lipinski definition) is 1. The SMILES string of the molecule is CCC1(CC)CCN(S(=O)(=O)Cc2ccc(CO)cc2)C1. The van der Waals surface area contributed by atoms with E-state index in [4.69, 9.17) is 5.11 Å². The highest BCUT2D eigenvalue weighted by Crippen LogP contribution is 2.38. The van der Waals surface area contributed by atoms with E-state index in [1.165, 1.54) is 0 Å². The van der Waals surface area contributed by atoms with Crippen molar-refractivity contribution in [2.45, 2.75) is 45.5 Å². The number of rotatable bonds is 6. The van der Waals surface area contributed by atoms with Crippen LogP contribution >= 0.6 is 0 Å². The van der Waals surface area contributed by atoms with Crippen molar-refractivity contribution in [1.29, 1.82) is 0 Å². The van der Waals surface area contributed by atoms with Crippen LogP contribution in [0.3, 0.4) is 0 Å². The smallest absolute Gasteiger partial charge is 0.218 e. The number of aliphatic hydroxyl groups is 1. The van der Waals surface area contributed by atoms with E-state index < -0.39 is 10.0 Å². The molecule has 1 aromatic rings. The minimum atomic E-state index is -3.25. The van der Waals surface area contributed by atoms with Crippen molar-refractivity contribution in [3.05, 3.63) is 35.4 Å². The zero-order valence-corrected chi connectivity index (χ0v) is 13.7. The van der Waals surface area contributed by atoms with E-state index >= 15 is 0 Å². The molecule has 21 heavy (non-hydrogen) atoms. The van der Waals surface area contributed by atoms with Gasteiger partial charge in [0.1, 0.15) is 0 Å². The third-order valence-electron chi connectivity index (χ3n) is 4.85. The summed E-state index contributed by atoms with van der Waals surface area (Å²) >= 11 is 0. The maximum Gasteiger partial charge on any atom is 0.218 e. The third kappa shape index (κ3) is 3.65. The van der Waals surface area contributed by atoms with Crippen LogP contribution in [0.5, 0.6) is 0 Å². The first-order valence-electron chi connectivity index (χ1n) is 7.61. The highest BCUT2D eigenvalue weighted by molar-refractivity contribution is 7.88. The first-order valence-corrected chi connectivity index (χ1v) is 9.22. The topological polar surface area (TPSA) is 57.6 Å². The summed E-state index contributed by atoms with van der Waals surface area (Å²) in [6.45, 7) is 5.56. The number of hydrogen-bond acceptors (Lipinski definition) is 3. The first kappa shape index (κ1) is 16.5. The fourth-order valence-electron chi connectivity index (χ4n) is 3.00. The Hall–Kier alpha value is -0.910. The standard InChI is InChI=1S/C16H25NO3S/c1-3-16(4-2)9-10-17(13-16)21(19,20)12-15-7-5-14(11-18)6-8-15/h5-8,18H,3-4,9-13H2,1-2H3. The first-order chi connectivity index (χ1) is 9.94. The summed E-state index contributed by atoms with van der Waals surface area (Å²) in [5.41, 5.74) is 1.74. The fourth-order valence-corrected chi connectivity index (χ4v) is 4.64. The van der Waals surface area contributed by atoms with Crippen LogP contribution in [0.25, 0.3) is 0 Å². The molecule has 0 unspecified atom stereocenters. The van der Waals surface area contributed by atoms with Crippen molar-refractivity contribution in [3.8, 4) is 0 Å². The molecule has 0 bridgehead atoms. The normalized spacial score (nSPS) is 19.0. The van der Waals surface area contributed by atoms with Crippen LogP contribution in [0.4, 0.5) is 0 Å². The van der Waals surface area contributed by atoms with Crippen molar-refractivity contribution in [3.63, 3.8) is 0 Å². The van der Waals surface area contributed by atoms with Crippen molar-refractivity contribution < 1.29 is 13.5 Å². The van der Waals surface area contributed by atoms with Gasteiger partial charge in [-0.15, -0.1) is 0 Å². The van der Waals surface area contributed by atoms with Gasteiger partial charge in [-0.2, -0.15) is 0 Å². The molecule has 0 radical (unpaired) electrons. The molecule has 5 heteroatoms. The molecule has 1 aromatic carbocycles. The van der Waals surface area contributed by atoms with Crippen LogP contribution < -0.4 is 0 Å². The summed E-state index contributed by atoms with van der Waals surface area (Å²) in [5, 5.41) is 9.02. The summed E-state index contributed by atoms with van der Waals surface area (Å²) in [7, 11) is -3.25. The highest BCUT2D eigenvalue weighted by Gasteiger charge is 2.39. The van der Waals surface area contributed by atoms with Gasteiger partial charge in [0.2, 0.25) is 10.0 Å². The van der Waals surface area contributed by atoms with Gasteiger partial charge in [0.15, 0.2) is 0 Å². The van der Waals surface area contributed by atoms with Crippen molar-refractivity contribution in [2.24, 2.45) is 5.41 Å². The number of nitrogens with zero attached hydrogens (tertiary/aromatic N) is 1. The predicted octanol–water partition coefficient (Wildman–Crippen LogP) is 2.52. The minimum Gasteiger partial charge on any atom is -0.392 e. The lowest BCUT2D eigenvalue weighted by Crippen LogP contribution is -2.32. The molecular formula is C16H25NO3S. The van der Waals surface area contributed by atoms with E-state index in [1.54, 1.807) is 28.6 Å². The van der Waals surface area contributed by atoms with Crippen LogP contribution in [0, 0.1) is 5.41 Å². The summed E-state index contributed by atoms with van der Waals surface area (Å²) in [4.78, 5) is 0. The molecule has 1 N–H and O–H groups in total. The Morgan fingerprint density at radius 2 is 1.71 bits per heavy atom. The van der Waals surface area contributed by atoms with E-state index in [0.717, 1.165) is 30.4 Å². The van der Waals surface area contributed by atoms with Gasteiger partial charge in [0.25, 0.3) is 0 Å². The molecule has 1 aliphatic rings. The second kappa shape index (κ2) is 6.46. The lowest BCUT2D eigenvalue weighted by atomic mass is 9.82. The van der Waals surface area contributed by atoms with E-state index in [2.05, 4.69) is 13.8 Å². The molecule has 118 valence electrons. The summed E-state index contributed by atoms with van der Waals surface area (Å²) in [6, 6.07) is 7.12. The van der Waals surface area contributed by atoms with Crippen molar-refractivity contribution >= 4 is 10.0 Å². The molecule has 0 aromatic heterocycles. The van der Waals surface area contributed by atoms with E-state index in [-0.39, 0.29) is 17.8 Å². The van der Waals surface area contributed by atoms with Gasteiger partial charge >= 0.3 is 0 Å². The van der Waals surface area contributed by atoms with Gasteiger partial charge in [0, 0.05) is 13.1 Å². The molecule has 0 spiro atoms. The van der Waals surface area contributed by atoms with Gasteiger partial charge < -0.3 is 5.11 Å². The molecular weight excluding hydrogens is 286 g/mol. The Bertz CT molecular complexity index is 562. The zero-order chi connectivity index (χ0) is 15.5. The predicted molar refractivity (Wildman–Crippen MR) is 84.2 cm³/mol. The lowest BCUT2D eigenvalue weighted by Gasteiger charge is -2.26. The van der Waals surface area contributed by atoms with Crippen molar-refractivity contribution in [1.82, 2.24) is 4.31 Å².